The predicted molar refractivity (Wildman–Crippen MR) is 110 cm³/mol. The molecule has 0 atom stereocenters. The van der Waals surface area contributed by atoms with Crippen LogP contribution in [0.2, 0.25) is 0 Å². The van der Waals surface area contributed by atoms with Gasteiger partial charge >= 0.3 is 11.9 Å². The molecule has 0 bridgehead atoms. The van der Waals surface area contributed by atoms with Crippen molar-refractivity contribution in [3.8, 4) is 0 Å². The number of carbonyl (C=O) groups is 6. The van der Waals surface area contributed by atoms with E-state index in [4.69, 9.17) is 10.2 Å². The van der Waals surface area contributed by atoms with Gasteiger partial charge in [0, 0.05) is 24.3 Å². The standard InChI is InChI=1S/2C11H7NO4/c2*13-9-5-6-10(14)12(9)8-3-1-7(2-4-8)11(15)16/h2*1-6H,(H,15,16). The largest absolute Gasteiger partial charge is 0.478 e. The Hall–Kier alpha value is -4.86. The summed E-state index contributed by atoms with van der Waals surface area (Å²) in [6, 6.07) is 11.1. The van der Waals surface area contributed by atoms with E-state index in [1.54, 1.807) is 0 Å². The van der Waals surface area contributed by atoms with Crippen molar-refractivity contribution < 1.29 is 39.0 Å². The average molecular weight is 434 g/mol. The maximum absolute atomic E-state index is 11.3. The minimum absolute atomic E-state index is 0.107. The summed E-state index contributed by atoms with van der Waals surface area (Å²) in [7, 11) is 0. The lowest BCUT2D eigenvalue weighted by molar-refractivity contribution is -0.121. The van der Waals surface area contributed by atoms with Crippen molar-refractivity contribution in [3.63, 3.8) is 0 Å². The number of benzene rings is 2. The van der Waals surface area contributed by atoms with Crippen LogP contribution in [0.4, 0.5) is 11.4 Å². The highest BCUT2D eigenvalue weighted by molar-refractivity contribution is 6.28. The van der Waals surface area contributed by atoms with Crippen molar-refractivity contribution >= 4 is 46.9 Å². The molecule has 2 N–H and O–H groups in total. The SMILES string of the molecule is O=C(O)c1ccc(N2C(=O)C=CC2=O)cc1.O=C(O)c1ccc(N2C(=O)C=CC2=O)cc1. The van der Waals surface area contributed by atoms with Gasteiger partial charge in [0.25, 0.3) is 23.6 Å². The van der Waals surface area contributed by atoms with Gasteiger partial charge in [0.1, 0.15) is 0 Å². The number of anilines is 2. The second kappa shape index (κ2) is 8.88. The van der Waals surface area contributed by atoms with Crippen molar-refractivity contribution in [1.29, 1.82) is 0 Å². The van der Waals surface area contributed by atoms with Crippen LogP contribution in [0.5, 0.6) is 0 Å². The molecule has 0 radical (unpaired) electrons. The zero-order valence-electron chi connectivity index (χ0n) is 16.2. The van der Waals surface area contributed by atoms with Gasteiger partial charge in [0.2, 0.25) is 0 Å². The van der Waals surface area contributed by atoms with Crippen molar-refractivity contribution in [2.75, 3.05) is 9.80 Å². The summed E-state index contributed by atoms with van der Waals surface area (Å²) in [5, 5.41) is 17.4. The molecule has 2 aliphatic heterocycles. The molecule has 0 spiro atoms. The zero-order valence-corrected chi connectivity index (χ0v) is 16.2. The second-order valence-electron chi connectivity index (χ2n) is 6.39. The summed E-state index contributed by atoms with van der Waals surface area (Å²) in [6.07, 6.45) is 4.70. The molecule has 10 heteroatoms. The topological polar surface area (TPSA) is 149 Å². The van der Waals surface area contributed by atoms with Gasteiger partial charge in [-0.3, -0.25) is 19.2 Å². The van der Waals surface area contributed by atoms with Crippen molar-refractivity contribution in [3.05, 3.63) is 84.0 Å². The number of carboxylic acid groups (broad SMARTS) is 2. The lowest BCUT2D eigenvalue weighted by Gasteiger charge is -2.13. The molecule has 2 heterocycles. The highest BCUT2D eigenvalue weighted by Gasteiger charge is 2.25. The fourth-order valence-electron chi connectivity index (χ4n) is 2.82. The average Bonchev–Trinajstić information content (AvgIpc) is 3.28. The molecule has 160 valence electrons. The van der Waals surface area contributed by atoms with Gasteiger partial charge in [-0.2, -0.15) is 0 Å². The number of nitrogens with zero attached hydrogens (tertiary/aromatic N) is 2. The minimum Gasteiger partial charge on any atom is -0.478 e. The lowest BCUT2D eigenvalue weighted by atomic mass is 10.2. The first kappa shape index (κ1) is 21.8. The number of carbonyl (C=O) groups excluding carboxylic acids is 4. The highest BCUT2D eigenvalue weighted by Crippen LogP contribution is 2.20. The first-order chi connectivity index (χ1) is 15.2. The molecule has 10 nitrogen and oxygen atoms in total. The van der Waals surface area contributed by atoms with Crippen LogP contribution < -0.4 is 9.80 Å². The van der Waals surface area contributed by atoms with Crippen LogP contribution in [0, 0.1) is 0 Å². The fourth-order valence-corrected chi connectivity index (χ4v) is 2.82. The molecule has 4 rings (SSSR count). The van der Waals surface area contributed by atoms with Crippen LogP contribution in [0.3, 0.4) is 0 Å². The first-order valence-electron chi connectivity index (χ1n) is 8.98. The Labute approximate surface area is 180 Å². The van der Waals surface area contributed by atoms with Gasteiger partial charge in [-0.15, -0.1) is 0 Å². The van der Waals surface area contributed by atoms with Crippen molar-refractivity contribution in [2.45, 2.75) is 0 Å². The Morgan fingerprint density at radius 1 is 0.500 bits per heavy atom. The molecule has 0 aromatic heterocycles. The van der Waals surface area contributed by atoms with Gasteiger partial charge in [0.05, 0.1) is 22.5 Å². The molecule has 0 saturated carbocycles. The van der Waals surface area contributed by atoms with Crippen LogP contribution in [-0.4, -0.2) is 45.8 Å². The molecule has 0 saturated heterocycles. The van der Waals surface area contributed by atoms with Crippen LogP contribution >= 0.6 is 0 Å². The zero-order chi connectivity index (χ0) is 23.4. The smallest absolute Gasteiger partial charge is 0.335 e. The Bertz CT molecular complexity index is 1060. The Morgan fingerprint density at radius 2 is 0.750 bits per heavy atom. The molecule has 32 heavy (non-hydrogen) atoms. The third kappa shape index (κ3) is 4.49. The van der Waals surface area contributed by atoms with Crippen molar-refractivity contribution in [1.82, 2.24) is 0 Å². The number of rotatable bonds is 4. The van der Waals surface area contributed by atoms with Crippen LogP contribution in [-0.2, 0) is 19.2 Å². The minimum atomic E-state index is -1.05. The molecule has 0 fully saturated rings. The van der Waals surface area contributed by atoms with E-state index >= 15 is 0 Å². The molecule has 0 unspecified atom stereocenters. The maximum Gasteiger partial charge on any atom is 0.335 e. The molecule has 0 aliphatic carbocycles. The van der Waals surface area contributed by atoms with Crippen LogP contribution in [0.1, 0.15) is 20.7 Å². The quantitative estimate of drug-likeness (QED) is 0.690. The summed E-state index contributed by atoms with van der Waals surface area (Å²) in [6.45, 7) is 0. The normalized spacial score (nSPS) is 14.6. The van der Waals surface area contributed by atoms with Gasteiger partial charge in [-0.25, -0.2) is 19.4 Å². The number of imide groups is 2. The van der Waals surface area contributed by atoms with Gasteiger partial charge in [-0.1, -0.05) is 0 Å². The van der Waals surface area contributed by atoms with E-state index in [1.807, 2.05) is 0 Å². The Balaban J connectivity index is 0.000000181. The van der Waals surface area contributed by atoms with E-state index in [2.05, 4.69) is 0 Å². The monoisotopic (exact) mass is 434 g/mol. The fraction of sp³-hybridized carbons (Fsp3) is 0. The number of amides is 4. The highest BCUT2D eigenvalue weighted by atomic mass is 16.4. The van der Waals surface area contributed by atoms with Gasteiger partial charge in [0.15, 0.2) is 0 Å². The third-order valence-corrected chi connectivity index (χ3v) is 4.36. The molecule has 2 aromatic rings. The maximum atomic E-state index is 11.3. The molecule has 4 amide bonds. The van der Waals surface area contributed by atoms with Crippen LogP contribution in [0.25, 0.3) is 0 Å². The third-order valence-electron chi connectivity index (χ3n) is 4.36. The number of carboxylic acids is 2. The number of aromatic carboxylic acids is 2. The van der Waals surface area contributed by atoms with E-state index in [0.29, 0.717) is 11.4 Å². The van der Waals surface area contributed by atoms with E-state index in [1.165, 1.54) is 72.8 Å². The summed E-state index contributed by atoms with van der Waals surface area (Å²) in [4.78, 5) is 68.4. The number of hydrogen-bond acceptors (Lipinski definition) is 6. The molecular formula is C22H14N2O8. The van der Waals surface area contributed by atoms with Gasteiger partial charge in [-0.05, 0) is 48.5 Å². The van der Waals surface area contributed by atoms with E-state index in [0.717, 1.165) is 9.80 Å². The van der Waals surface area contributed by atoms with E-state index in [-0.39, 0.29) is 11.1 Å². The van der Waals surface area contributed by atoms with Crippen LogP contribution in [0.15, 0.2) is 72.8 Å². The van der Waals surface area contributed by atoms with E-state index in [9.17, 15) is 28.8 Å². The Morgan fingerprint density at radius 3 is 0.969 bits per heavy atom. The van der Waals surface area contributed by atoms with Gasteiger partial charge < -0.3 is 10.2 Å². The second-order valence-corrected chi connectivity index (χ2v) is 6.39. The molecule has 2 aliphatic rings. The predicted octanol–water partition coefficient (Wildman–Crippen LogP) is 1.63. The Kier molecular flexibility index (Phi) is 6.06. The number of hydrogen-bond donors (Lipinski definition) is 2. The summed E-state index contributed by atoms with van der Waals surface area (Å²) < 4.78 is 0. The lowest BCUT2D eigenvalue weighted by Crippen LogP contribution is -2.29. The molecular weight excluding hydrogens is 420 g/mol. The summed E-state index contributed by atoms with van der Waals surface area (Å²) >= 11 is 0. The van der Waals surface area contributed by atoms with E-state index < -0.39 is 35.6 Å². The summed E-state index contributed by atoms with van der Waals surface area (Å²) in [5.74, 6) is -3.80. The van der Waals surface area contributed by atoms with Crippen molar-refractivity contribution in [2.24, 2.45) is 0 Å². The summed E-state index contributed by atoms with van der Waals surface area (Å²) in [5.41, 5.74) is 0.946. The first-order valence-corrected chi connectivity index (χ1v) is 8.98. The molecule has 2 aromatic carbocycles.